The quantitative estimate of drug-likeness (QED) is 0.492. The first kappa shape index (κ1) is 8.81. The van der Waals surface area contributed by atoms with Gasteiger partial charge in [-0.15, -0.1) is 11.8 Å². The van der Waals surface area contributed by atoms with E-state index in [0.717, 1.165) is 19.3 Å². The molecule has 12 heavy (non-hydrogen) atoms. The fourth-order valence-electron chi connectivity index (χ4n) is 2.24. The number of hydrogen-bond donors (Lipinski definition) is 3. The zero-order valence-corrected chi connectivity index (χ0v) is 7.63. The third-order valence-electron chi connectivity index (χ3n) is 3.00. The van der Waals surface area contributed by atoms with Crippen molar-refractivity contribution in [3.05, 3.63) is 0 Å². The molecule has 1 aliphatic carbocycles. The van der Waals surface area contributed by atoms with E-state index in [-0.39, 0.29) is 0 Å². The van der Waals surface area contributed by atoms with Crippen LogP contribution in [-0.4, -0.2) is 44.1 Å². The van der Waals surface area contributed by atoms with Crippen LogP contribution in [0.25, 0.3) is 0 Å². The molecule has 0 aromatic carbocycles. The average Bonchev–Trinajstić information content (AvgIpc) is 2.54. The van der Waals surface area contributed by atoms with Gasteiger partial charge in [0, 0.05) is 5.75 Å². The molecular formula is C8H14O3S. The van der Waals surface area contributed by atoms with Crippen LogP contribution in [0.3, 0.4) is 0 Å². The topological polar surface area (TPSA) is 60.7 Å². The zero-order chi connectivity index (χ0) is 8.77. The first-order chi connectivity index (χ1) is 5.67. The first-order valence-electron chi connectivity index (χ1n) is 4.35. The maximum absolute atomic E-state index is 9.69. The molecule has 4 atom stereocenters. The Bertz CT molecular complexity index is 187. The van der Waals surface area contributed by atoms with Crippen LogP contribution in [-0.2, 0) is 0 Å². The second kappa shape index (κ2) is 2.87. The second-order valence-corrected chi connectivity index (χ2v) is 5.07. The molecule has 2 rings (SSSR count). The lowest BCUT2D eigenvalue weighted by atomic mass is 9.94. The molecule has 0 aromatic heterocycles. The lowest BCUT2D eigenvalue weighted by Crippen LogP contribution is -2.46. The minimum absolute atomic E-state index is 0.436. The Balaban J connectivity index is 2.20. The minimum atomic E-state index is -0.736. The molecule has 2 fully saturated rings. The van der Waals surface area contributed by atoms with Crippen LogP contribution in [0.15, 0.2) is 0 Å². The fraction of sp³-hybridized carbons (Fsp3) is 1.00. The Morgan fingerprint density at radius 2 is 2.00 bits per heavy atom. The van der Waals surface area contributed by atoms with Crippen LogP contribution in [0, 0.1) is 0 Å². The summed E-state index contributed by atoms with van der Waals surface area (Å²) in [7, 11) is 0. The predicted octanol–water partition coefficient (Wildman–Crippen LogP) is -0.261. The molecule has 1 saturated heterocycles. The fourth-order valence-corrected chi connectivity index (χ4v) is 3.83. The number of rotatable bonds is 0. The van der Waals surface area contributed by atoms with E-state index in [1.165, 1.54) is 11.8 Å². The van der Waals surface area contributed by atoms with Gasteiger partial charge in [0.2, 0.25) is 0 Å². The van der Waals surface area contributed by atoms with E-state index in [9.17, 15) is 15.3 Å². The molecule has 70 valence electrons. The molecule has 1 aliphatic heterocycles. The first-order valence-corrected chi connectivity index (χ1v) is 5.33. The van der Waals surface area contributed by atoms with Crippen molar-refractivity contribution < 1.29 is 15.3 Å². The summed E-state index contributed by atoms with van der Waals surface area (Å²) in [6, 6.07) is 0. The Morgan fingerprint density at radius 3 is 2.42 bits per heavy atom. The molecule has 0 aromatic rings. The summed E-state index contributed by atoms with van der Waals surface area (Å²) in [5.41, 5.74) is 0. The van der Waals surface area contributed by atoms with Gasteiger partial charge in [0.15, 0.2) is 0 Å². The molecule has 1 unspecified atom stereocenters. The van der Waals surface area contributed by atoms with Crippen molar-refractivity contribution in [2.45, 2.75) is 42.3 Å². The van der Waals surface area contributed by atoms with Crippen molar-refractivity contribution in [1.82, 2.24) is 0 Å². The van der Waals surface area contributed by atoms with E-state index in [4.69, 9.17) is 0 Å². The average molecular weight is 190 g/mol. The van der Waals surface area contributed by atoms with Gasteiger partial charge in [0.1, 0.15) is 0 Å². The van der Waals surface area contributed by atoms with Crippen molar-refractivity contribution in [3.8, 4) is 0 Å². The highest BCUT2D eigenvalue weighted by molar-refractivity contribution is 8.01. The second-order valence-electron chi connectivity index (χ2n) is 3.69. The predicted molar refractivity (Wildman–Crippen MR) is 47.1 cm³/mol. The van der Waals surface area contributed by atoms with Gasteiger partial charge in [-0.3, -0.25) is 0 Å². The standard InChI is InChI=1S/C8H14O3S/c9-5-4-12-8(7(5)11)3-1-2-6(8)10/h5-7,9-11H,1-4H2/t5-,6+,7-,8?/m0/s1. The van der Waals surface area contributed by atoms with E-state index in [0.29, 0.717) is 5.75 Å². The maximum atomic E-state index is 9.69. The molecule has 2 aliphatic rings. The maximum Gasteiger partial charge on any atom is 0.0978 e. The van der Waals surface area contributed by atoms with Crippen molar-refractivity contribution in [2.24, 2.45) is 0 Å². The molecule has 1 heterocycles. The third-order valence-corrected chi connectivity index (χ3v) is 4.76. The van der Waals surface area contributed by atoms with E-state index < -0.39 is 23.1 Å². The molecule has 4 heteroatoms. The van der Waals surface area contributed by atoms with Crippen LogP contribution >= 0.6 is 11.8 Å². The zero-order valence-electron chi connectivity index (χ0n) is 6.81. The van der Waals surface area contributed by atoms with Crippen LogP contribution in [0.1, 0.15) is 19.3 Å². The van der Waals surface area contributed by atoms with Gasteiger partial charge >= 0.3 is 0 Å². The third kappa shape index (κ3) is 1.02. The SMILES string of the molecule is O[C@@H]1CCCC12SC[C@H](O)[C@@H]2O. The largest absolute Gasteiger partial charge is 0.392 e. The van der Waals surface area contributed by atoms with E-state index in [1.54, 1.807) is 0 Å². The molecule has 0 bridgehead atoms. The van der Waals surface area contributed by atoms with Crippen molar-refractivity contribution in [2.75, 3.05) is 5.75 Å². The van der Waals surface area contributed by atoms with Crippen LogP contribution < -0.4 is 0 Å². The van der Waals surface area contributed by atoms with Gasteiger partial charge < -0.3 is 15.3 Å². The van der Waals surface area contributed by atoms with Crippen LogP contribution in [0.2, 0.25) is 0 Å². The highest BCUT2D eigenvalue weighted by Gasteiger charge is 2.54. The normalized spacial score (nSPS) is 53.8. The van der Waals surface area contributed by atoms with Gasteiger partial charge in [-0.25, -0.2) is 0 Å². The summed E-state index contributed by atoms with van der Waals surface area (Å²) in [5, 5.41) is 28.7. The minimum Gasteiger partial charge on any atom is -0.392 e. The Morgan fingerprint density at radius 1 is 1.25 bits per heavy atom. The summed E-state index contributed by atoms with van der Waals surface area (Å²) in [5.74, 6) is 0.554. The number of hydrogen-bond acceptors (Lipinski definition) is 4. The van der Waals surface area contributed by atoms with Gasteiger partial charge in [-0.05, 0) is 19.3 Å². The molecule has 3 N–H and O–H groups in total. The lowest BCUT2D eigenvalue weighted by Gasteiger charge is -2.30. The highest BCUT2D eigenvalue weighted by atomic mass is 32.2. The van der Waals surface area contributed by atoms with E-state index >= 15 is 0 Å². The van der Waals surface area contributed by atoms with Gasteiger partial charge in [-0.2, -0.15) is 0 Å². The van der Waals surface area contributed by atoms with Crippen molar-refractivity contribution in [3.63, 3.8) is 0 Å². The number of aliphatic hydroxyl groups is 3. The lowest BCUT2D eigenvalue weighted by molar-refractivity contribution is -0.0108. The van der Waals surface area contributed by atoms with Crippen LogP contribution in [0.5, 0.6) is 0 Å². The number of aliphatic hydroxyl groups excluding tert-OH is 3. The molecular weight excluding hydrogens is 176 g/mol. The monoisotopic (exact) mass is 190 g/mol. The molecule has 3 nitrogen and oxygen atoms in total. The van der Waals surface area contributed by atoms with E-state index in [2.05, 4.69) is 0 Å². The summed E-state index contributed by atoms with van der Waals surface area (Å²) < 4.78 is -0.445. The van der Waals surface area contributed by atoms with Gasteiger partial charge in [0.25, 0.3) is 0 Å². The molecule has 0 amide bonds. The van der Waals surface area contributed by atoms with Crippen molar-refractivity contribution in [1.29, 1.82) is 0 Å². The Hall–Kier alpha value is 0.230. The highest BCUT2D eigenvalue weighted by Crippen LogP contribution is 2.49. The van der Waals surface area contributed by atoms with Gasteiger partial charge in [-0.1, -0.05) is 0 Å². The summed E-state index contributed by atoms with van der Waals surface area (Å²) in [4.78, 5) is 0. The summed E-state index contributed by atoms with van der Waals surface area (Å²) in [6.07, 6.45) is 0.726. The molecule has 1 spiro atoms. The Labute approximate surface area is 75.8 Å². The van der Waals surface area contributed by atoms with Crippen LogP contribution in [0.4, 0.5) is 0 Å². The van der Waals surface area contributed by atoms with Crippen molar-refractivity contribution >= 4 is 11.8 Å². The smallest absolute Gasteiger partial charge is 0.0978 e. The van der Waals surface area contributed by atoms with E-state index in [1.807, 2.05) is 0 Å². The summed E-state index contributed by atoms with van der Waals surface area (Å²) >= 11 is 1.53. The molecule has 1 saturated carbocycles. The Kier molecular flexibility index (Phi) is 2.11. The summed E-state index contributed by atoms with van der Waals surface area (Å²) in [6.45, 7) is 0. The number of thioether (sulfide) groups is 1. The van der Waals surface area contributed by atoms with Gasteiger partial charge in [0.05, 0.1) is 23.1 Å². The molecule has 0 radical (unpaired) electrons.